The van der Waals surface area contributed by atoms with E-state index in [4.69, 9.17) is 14.2 Å². The van der Waals surface area contributed by atoms with Crippen molar-refractivity contribution in [3.63, 3.8) is 0 Å². The normalized spacial score (nSPS) is 10.8. The molecular weight excluding hydrogens is 382 g/mol. The van der Waals surface area contributed by atoms with Crippen molar-refractivity contribution in [2.45, 2.75) is 40.0 Å². The number of ether oxygens (including phenoxy) is 3. The zero-order chi connectivity index (χ0) is 18.2. The van der Waals surface area contributed by atoms with Crippen LogP contribution in [-0.4, -0.2) is 19.8 Å². The summed E-state index contributed by atoms with van der Waals surface area (Å²) in [7, 11) is 1.69. The summed E-state index contributed by atoms with van der Waals surface area (Å²) in [6, 6.07) is 12.1. The second kappa shape index (κ2) is 9.68. The third kappa shape index (κ3) is 5.65. The lowest BCUT2D eigenvalue weighted by Gasteiger charge is -2.18. The fourth-order valence-corrected chi connectivity index (χ4v) is 3.11. The van der Waals surface area contributed by atoms with Crippen molar-refractivity contribution in [1.29, 1.82) is 0 Å². The van der Waals surface area contributed by atoms with Gasteiger partial charge in [0.05, 0.1) is 24.3 Å². The Morgan fingerprint density at radius 1 is 1.08 bits per heavy atom. The molecule has 0 bridgehead atoms. The SMILES string of the molecule is CCOc1cc(CNCc2ccccc2OC)cc(Br)c1OC(C)C. The fraction of sp³-hybridized carbons (Fsp3) is 0.400. The van der Waals surface area contributed by atoms with Crippen molar-refractivity contribution in [1.82, 2.24) is 5.32 Å². The second-order valence-electron chi connectivity index (χ2n) is 5.92. The molecule has 0 amide bonds. The lowest BCUT2D eigenvalue weighted by molar-refractivity contribution is 0.222. The molecule has 2 rings (SSSR count). The first-order valence-electron chi connectivity index (χ1n) is 8.49. The molecule has 0 saturated carbocycles. The predicted molar refractivity (Wildman–Crippen MR) is 105 cm³/mol. The Hall–Kier alpha value is -1.72. The molecule has 0 radical (unpaired) electrons. The number of hydrogen-bond acceptors (Lipinski definition) is 4. The van der Waals surface area contributed by atoms with Crippen LogP contribution in [0.4, 0.5) is 0 Å². The van der Waals surface area contributed by atoms with E-state index >= 15 is 0 Å². The van der Waals surface area contributed by atoms with Gasteiger partial charge in [0.2, 0.25) is 0 Å². The minimum atomic E-state index is 0.0880. The molecule has 0 unspecified atom stereocenters. The largest absolute Gasteiger partial charge is 0.496 e. The summed E-state index contributed by atoms with van der Waals surface area (Å²) in [5.41, 5.74) is 2.26. The first kappa shape index (κ1) is 19.6. The first-order chi connectivity index (χ1) is 12.0. The van der Waals surface area contributed by atoms with Crippen molar-refractivity contribution in [2.24, 2.45) is 0 Å². The molecule has 1 N–H and O–H groups in total. The molecule has 0 spiro atoms. The number of benzene rings is 2. The molecule has 0 heterocycles. The molecule has 0 aliphatic heterocycles. The number of nitrogens with one attached hydrogen (secondary N) is 1. The summed E-state index contributed by atoms with van der Waals surface area (Å²) < 4.78 is 17.9. The van der Waals surface area contributed by atoms with Crippen LogP contribution in [0.1, 0.15) is 31.9 Å². The third-order valence-electron chi connectivity index (χ3n) is 3.56. The van der Waals surface area contributed by atoms with Gasteiger partial charge >= 0.3 is 0 Å². The zero-order valence-corrected chi connectivity index (χ0v) is 16.9. The summed E-state index contributed by atoms with van der Waals surface area (Å²) in [5, 5.41) is 3.45. The number of rotatable bonds is 9. The summed E-state index contributed by atoms with van der Waals surface area (Å²) in [4.78, 5) is 0. The molecule has 0 aliphatic rings. The van der Waals surface area contributed by atoms with E-state index in [0.29, 0.717) is 6.61 Å². The smallest absolute Gasteiger partial charge is 0.175 e. The van der Waals surface area contributed by atoms with Gasteiger partial charge in [-0.1, -0.05) is 18.2 Å². The highest BCUT2D eigenvalue weighted by Crippen LogP contribution is 2.37. The molecule has 0 aliphatic carbocycles. The van der Waals surface area contributed by atoms with E-state index in [-0.39, 0.29) is 6.10 Å². The molecule has 4 nitrogen and oxygen atoms in total. The summed E-state index contributed by atoms with van der Waals surface area (Å²) in [5.74, 6) is 2.41. The van der Waals surface area contributed by atoms with Gasteiger partial charge in [-0.3, -0.25) is 0 Å². The van der Waals surface area contributed by atoms with E-state index in [1.54, 1.807) is 7.11 Å². The van der Waals surface area contributed by atoms with E-state index in [1.165, 1.54) is 0 Å². The van der Waals surface area contributed by atoms with Crippen molar-refractivity contribution in [3.8, 4) is 17.2 Å². The minimum Gasteiger partial charge on any atom is -0.496 e. The van der Waals surface area contributed by atoms with Gasteiger partial charge in [0.15, 0.2) is 11.5 Å². The minimum absolute atomic E-state index is 0.0880. The van der Waals surface area contributed by atoms with Gasteiger partial charge in [-0.25, -0.2) is 0 Å². The van der Waals surface area contributed by atoms with Gasteiger partial charge in [-0.15, -0.1) is 0 Å². The lowest BCUT2D eigenvalue weighted by atomic mass is 10.1. The molecule has 0 saturated heterocycles. The highest BCUT2D eigenvalue weighted by atomic mass is 79.9. The monoisotopic (exact) mass is 407 g/mol. The fourth-order valence-electron chi connectivity index (χ4n) is 2.53. The van der Waals surface area contributed by atoms with E-state index in [1.807, 2.05) is 45.0 Å². The van der Waals surface area contributed by atoms with Crippen LogP contribution >= 0.6 is 15.9 Å². The Kier molecular flexibility index (Phi) is 7.59. The van der Waals surface area contributed by atoms with E-state index < -0.39 is 0 Å². The molecule has 0 aromatic heterocycles. The van der Waals surface area contributed by atoms with E-state index in [0.717, 1.165) is 45.9 Å². The van der Waals surface area contributed by atoms with Gasteiger partial charge in [0, 0.05) is 18.7 Å². The summed E-state index contributed by atoms with van der Waals surface area (Å²) >= 11 is 3.60. The van der Waals surface area contributed by atoms with Crippen LogP contribution in [-0.2, 0) is 13.1 Å². The van der Waals surface area contributed by atoms with Gasteiger partial charge in [0.1, 0.15) is 5.75 Å². The average molecular weight is 408 g/mol. The maximum atomic E-state index is 5.88. The number of hydrogen-bond donors (Lipinski definition) is 1. The number of halogens is 1. The third-order valence-corrected chi connectivity index (χ3v) is 4.15. The van der Waals surface area contributed by atoms with Crippen LogP contribution in [0.5, 0.6) is 17.2 Å². The first-order valence-corrected chi connectivity index (χ1v) is 9.29. The van der Waals surface area contributed by atoms with Gasteiger partial charge < -0.3 is 19.5 Å². The summed E-state index contributed by atoms with van der Waals surface area (Å²) in [6.07, 6.45) is 0.0880. The number of para-hydroxylation sites is 1. The molecule has 25 heavy (non-hydrogen) atoms. The Morgan fingerprint density at radius 3 is 2.52 bits per heavy atom. The van der Waals surface area contributed by atoms with Crippen molar-refractivity contribution in [3.05, 3.63) is 52.0 Å². The average Bonchev–Trinajstić information content (AvgIpc) is 2.58. The van der Waals surface area contributed by atoms with E-state index in [9.17, 15) is 0 Å². The van der Waals surface area contributed by atoms with Crippen LogP contribution < -0.4 is 19.5 Å². The maximum Gasteiger partial charge on any atom is 0.175 e. The Bertz CT molecular complexity index is 689. The lowest BCUT2D eigenvalue weighted by Crippen LogP contribution is -2.14. The predicted octanol–water partition coefficient (Wildman–Crippen LogP) is 4.93. The number of methoxy groups -OCH3 is 1. The maximum absolute atomic E-state index is 5.88. The van der Waals surface area contributed by atoms with Crippen molar-refractivity contribution in [2.75, 3.05) is 13.7 Å². The quantitative estimate of drug-likeness (QED) is 0.639. The molecule has 0 atom stereocenters. The molecule has 2 aromatic carbocycles. The van der Waals surface area contributed by atoms with Crippen molar-refractivity contribution < 1.29 is 14.2 Å². The molecular formula is C20H26BrNO3. The Morgan fingerprint density at radius 2 is 1.84 bits per heavy atom. The van der Waals surface area contributed by atoms with Gasteiger partial charge in [0.25, 0.3) is 0 Å². The van der Waals surface area contributed by atoms with Crippen LogP contribution in [0.15, 0.2) is 40.9 Å². The second-order valence-corrected chi connectivity index (χ2v) is 6.77. The zero-order valence-electron chi connectivity index (χ0n) is 15.3. The highest BCUT2D eigenvalue weighted by molar-refractivity contribution is 9.10. The van der Waals surface area contributed by atoms with Gasteiger partial charge in [-0.2, -0.15) is 0 Å². The van der Waals surface area contributed by atoms with E-state index in [2.05, 4.69) is 33.4 Å². The Labute approximate surface area is 158 Å². The summed E-state index contributed by atoms with van der Waals surface area (Å²) in [6.45, 7) is 8.03. The van der Waals surface area contributed by atoms with Crippen LogP contribution in [0.2, 0.25) is 0 Å². The van der Waals surface area contributed by atoms with Crippen LogP contribution in [0.3, 0.4) is 0 Å². The Balaban J connectivity index is 2.09. The molecule has 0 fully saturated rings. The topological polar surface area (TPSA) is 39.7 Å². The van der Waals surface area contributed by atoms with Crippen LogP contribution in [0.25, 0.3) is 0 Å². The van der Waals surface area contributed by atoms with Gasteiger partial charge in [-0.05, 0) is 60.5 Å². The molecule has 2 aromatic rings. The van der Waals surface area contributed by atoms with Crippen LogP contribution in [0, 0.1) is 0 Å². The van der Waals surface area contributed by atoms with Crippen molar-refractivity contribution >= 4 is 15.9 Å². The molecule has 5 heteroatoms. The molecule has 136 valence electrons. The standard InChI is InChI=1S/C20H26BrNO3/c1-5-24-19-11-15(10-17(21)20(19)25-14(2)3)12-22-13-16-8-6-7-9-18(16)23-4/h6-11,14,22H,5,12-13H2,1-4H3. The highest BCUT2D eigenvalue weighted by Gasteiger charge is 2.13.